The van der Waals surface area contributed by atoms with Crippen LogP contribution in [0.5, 0.6) is 0 Å². The average Bonchev–Trinajstić information content (AvgIpc) is 3.71. The Morgan fingerprint density at radius 3 is 1.07 bits per heavy atom. The van der Waals surface area contributed by atoms with E-state index in [0.717, 1.165) is 33.9 Å². The number of fused-ring (bicyclic) bond motifs is 9. The molecule has 0 aliphatic carbocycles. The molecule has 0 N–H and O–H groups in total. The van der Waals surface area contributed by atoms with Gasteiger partial charge in [0.05, 0.1) is 34.1 Å². The zero-order valence-corrected chi connectivity index (χ0v) is 35.1. The van der Waals surface area contributed by atoms with E-state index in [9.17, 15) is 9.59 Å². The fraction of sp³-hybridized carbons (Fsp3) is 0.222. The second-order valence-electron chi connectivity index (χ2n) is 19.3. The first-order valence-corrected chi connectivity index (χ1v) is 20.9. The molecule has 0 bridgehead atoms. The van der Waals surface area contributed by atoms with Crippen LogP contribution >= 0.6 is 0 Å². The zero-order chi connectivity index (χ0) is 41.4. The molecule has 0 aromatic heterocycles. The van der Waals surface area contributed by atoms with Crippen LogP contribution in [0.15, 0.2) is 133 Å². The third kappa shape index (κ3) is 4.14. The zero-order valence-electron chi connectivity index (χ0n) is 35.1. The highest BCUT2D eigenvalue weighted by atomic mass is 16.6. The van der Waals surface area contributed by atoms with Gasteiger partial charge in [0.15, 0.2) is 11.5 Å². The standard InChI is InChI=1S/C54H44N2O4/c1-51(2)31-15-9-11-21-39(31)55-41-25-23-29(27-37(41)53(5,6)35-19-13-17-33(51)45(35)55)43-47-48(60-49(43)57)44(50(58)59-47)30-24-26-42-38(28-30)54(7,8)36-20-14-18-34-46(36)56(42)40-22-12-10-16-32(40)52(34,3)4/h9-28H,1-8H3. The molecule has 6 aromatic carbocycles. The van der Waals surface area contributed by atoms with Gasteiger partial charge in [0, 0.05) is 21.7 Å². The van der Waals surface area contributed by atoms with Crippen LogP contribution < -0.4 is 9.80 Å². The summed E-state index contributed by atoms with van der Waals surface area (Å²) in [7, 11) is 0. The number of anilines is 6. The topological polar surface area (TPSA) is 59.1 Å². The summed E-state index contributed by atoms with van der Waals surface area (Å²) in [6, 6.07) is 42.9. The van der Waals surface area contributed by atoms with Gasteiger partial charge < -0.3 is 19.3 Å². The summed E-state index contributed by atoms with van der Waals surface area (Å²) in [5, 5.41) is 0. The van der Waals surface area contributed by atoms with Crippen molar-refractivity contribution in [2.75, 3.05) is 9.80 Å². The first kappa shape index (κ1) is 35.3. The first-order valence-electron chi connectivity index (χ1n) is 20.9. The van der Waals surface area contributed by atoms with Gasteiger partial charge in [-0.25, -0.2) is 9.59 Å². The van der Waals surface area contributed by atoms with Crippen LogP contribution in [-0.2, 0) is 40.7 Å². The van der Waals surface area contributed by atoms with E-state index in [2.05, 4.69) is 174 Å². The van der Waals surface area contributed by atoms with Crippen molar-refractivity contribution in [2.24, 2.45) is 0 Å². The highest BCUT2D eigenvalue weighted by molar-refractivity contribution is 6.29. The smallest absolute Gasteiger partial charge is 0.348 e. The normalized spacial score (nSPS) is 19.7. The molecule has 6 aliphatic heterocycles. The number of hydrogen-bond acceptors (Lipinski definition) is 6. The van der Waals surface area contributed by atoms with Gasteiger partial charge in [-0.15, -0.1) is 0 Å². The minimum Gasteiger partial charge on any atom is -0.418 e. The molecule has 12 rings (SSSR count). The molecule has 6 aromatic rings. The summed E-state index contributed by atoms with van der Waals surface area (Å²) >= 11 is 0. The third-order valence-electron chi connectivity index (χ3n) is 14.7. The van der Waals surface area contributed by atoms with E-state index >= 15 is 0 Å². The molecular weight excluding hydrogens is 741 g/mol. The number of para-hydroxylation sites is 4. The van der Waals surface area contributed by atoms with Gasteiger partial charge in [-0.05, 0) is 92.0 Å². The van der Waals surface area contributed by atoms with Crippen molar-refractivity contribution in [3.8, 4) is 0 Å². The number of esters is 2. The van der Waals surface area contributed by atoms with E-state index in [1.807, 2.05) is 12.1 Å². The van der Waals surface area contributed by atoms with Crippen molar-refractivity contribution < 1.29 is 19.1 Å². The Bertz CT molecular complexity index is 2890. The summed E-state index contributed by atoms with van der Waals surface area (Å²) in [5.41, 5.74) is 17.2. The highest BCUT2D eigenvalue weighted by Crippen LogP contribution is 2.62. The summed E-state index contributed by atoms with van der Waals surface area (Å²) < 4.78 is 12.1. The molecule has 0 spiro atoms. The van der Waals surface area contributed by atoms with E-state index in [0.29, 0.717) is 11.1 Å². The lowest BCUT2D eigenvalue weighted by Crippen LogP contribution is -2.38. The number of carbonyl (C=O) groups is 2. The number of benzene rings is 6. The molecular formula is C54H44N2O4. The van der Waals surface area contributed by atoms with Crippen molar-refractivity contribution in [3.05, 3.63) is 188 Å². The van der Waals surface area contributed by atoms with Gasteiger partial charge in [-0.3, -0.25) is 0 Å². The Morgan fingerprint density at radius 1 is 0.367 bits per heavy atom. The molecule has 0 unspecified atom stereocenters. The maximum absolute atomic E-state index is 14.0. The summed E-state index contributed by atoms with van der Waals surface area (Å²) in [4.78, 5) is 32.9. The molecule has 294 valence electrons. The number of nitrogens with zero attached hydrogens (tertiary/aromatic N) is 2. The van der Waals surface area contributed by atoms with Crippen molar-refractivity contribution >= 4 is 57.2 Å². The predicted molar refractivity (Wildman–Crippen MR) is 237 cm³/mol. The molecule has 0 atom stereocenters. The Kier molecular flexibility index (Phi) is 6.55. The minimum atomic E-state index is -0.529. The van der Waals surface area contributed by atoms with Gasteiger partial charge >= 0.3 is 11.9 Å². The largest absolute Gasteiger partial charge is 0.418 e. The molecule has 6 heterocycles. The van der Waals surface area contributed by atoms with E-state index in [-0.39, 0.29) is 33.5 Å². The van der Waals surface area contributed by atoms with Crippen molar-refractivity contribution in [1.29, 1.82) is 0 Å². The van der Waals surface area contributed by atoms with Crippen molar-refractivity contribution in [2.45, 2.75) is 77.0 Å². The lowest BCUT2D eigenvalue weighted by Gasteiger charge is -2.49. The lowest BCUT2D eigenvalue weighted by atomic mass is 9.66. The number of carbonyl (C=O) groups excluding carboxylic acids is 2. The quantitative estimate of drug-likeness (QED) is 0.163. The first-order chi connectivity index (χ1) is 28.6. The summed E-state index contributed by atoms with van der Waals surface area (Å²) in [5.74, 6) is -0.696. The molecule has 0 radical (unpaired) electrons. The molecule has 0 saturated heterocycles. The predicted octanol–water partition coefficient (Wildman–Crippen LogP) is 12.4. The monoisotopic (exact) mass is 784 g/mol. The summed E-state index contributed by atoms with van der Waals surface area (Å²) in [6.45, 7) is 18.2. The molecule has 6 heteroatoms. The van der Waals surface area contributed by atoms with Gasteiger partial charge in [-0.2, -0.15) is 0 Å². The molecule has 6 aliphatic rings. The van der Waals surface area contributed by atoms with Crippen LogP contribution in [-0.4, -0.2) is 11.9 Å². The number of rotatable bonds is 2. The summed E-state index contributed by atoms with van der Waals surface area (Å²) in [6.07, 6.45) is 0. The van der Waals surface area contributed by atoms with Gasteiger partial charge in [0.1, 0.15) is 11.1 Å². The van der Waals surface area contributed by atoms with Gasteiger partial charge in [-0.1, -0.05) is 140 Å². The Morgan fingerprint density at radius 2 is 0.683 bits per heavy atom. The highest BCUT2D eigenvalue weighted by Gasteiger charge is 2.49. The third-order valence-corrected chi connectivity index (χ3v) is 14.7. The fourth-order valence-electron chi connectivity index (χ4n) is 11.5. The van der Waals surface area contributed by atoms with E-state index in [1.165, 1.54) is 44.8 Å². The fourth-order valence-corrected chi connectivity index (χ4v) is 11.5. The van der Waals surface area contributed by atoms with Crippen LogP contribution in [0.25, 0.3) is 11.1 Å². The Balaban J connectivity index is 0.998. The van der Waals surface area contributed by atoms with E-state index < -0.39 is 22.8 Å². The van der Waals surface area contributed by atoms with Crippen LogP contribution in [0.2, 0.25) is 0 Å². The molecule has 0 amide bonds. The van der Waals surface area contributed by atoms with E-state index in [1.54, 1.807) is 0 Å². The number of ether oxygens (including phenoxy) is 2. The van der Waals surface area contributed by atoms with Gasteiger partial charge in [0.25, 0.3) is 0 Å². The van der Waals surface area contributed by atoms with Crippen LogP contribution in [0.3, 0.4) is 0 Å². The number of hydrogen-bond donors (Lipinski definition) is 0. The maximum Gasteiger partial charge on any atom is 0.348 e. The Labute approximate surface area is 350 Å². The van der Waals surface area contributed by atoms with Crippen LogP contribution in [0.4, 0.5) is 34.1 Å². The maximum atomic E-state index is 14.0. The minimum absolute atomic E-state index is 0.181. The molecule has 6 nitrogen and oxygen atoms in total. The SMILES string of the molecule is CC1(C)c2ccccc2N2c3ccc(C4=C5OC(=O)C(c6ccc7c(c6)C(C)(C)c6cccc8c6N7c6ccccc6C8(C)C)=C5OC4=O)cc3C(C)(C)c3cccc1c32. The molecule has 0 fully saturated rings. The van der Waals surface area contributed by atoms with Crippen molar-refractivity contribution in [1.82, 2.24) is 0 Å². The van der Waals surface area contributed by atoms with Gasteiger partial charge in [0.2, 0.25) is 0 Å². The lowest BCUT2D eigenvalue weighted by molar-refractivity contribution is -0.131. The van der Waals surface area contributed by atoms with Crippen LogP contribution in [0.1, 0.15) is 111 Å². The van der Waals surface area contributed by atoms with Crippen molar-refractivity contribution in [3.63, 3.8) is 0 Å². The molecule has 60 heavy (non-hydrogen) atoms. The van der Waals surface area contributed by atoms with Crippen LogP contribution in [0, 0.1) is 0 Å². The second-order valence-corrected chi connectivity index (χ2v) is 19.3. The molecule has 0 saturated carbocycles. The average molecular weight is 785 g/mol. The second kappa shape index (κ2) is 11.1. The Hall–Kier alpha value is -6.66. The van der Waals surface area contributed by atoms with E-state index in [4.69, 9.17) is 9.47 Å².